The van der Waals surface area contributed by atoms with E-state index in [1.165, 1.54) is 37.5 Å². The number of hydrogen-bond donors (Lipinski definition) is 2. The molecule has 0 bridgehead atoms. The van der Waals surface area contributed by atoms with Crippen LogP contribution in [0.4, 0.5) is 5.13 Å². The molecule has 0 saturated heterocycles. The van der Waals surface area contributed by atoms with E-state index in [1.807, 2.05) is 13.8 Å². The Labute approximate surface area is 186 Å². The third kappa shape index (κ3) is 5.10. The van der Waals surface area contributed by atoms with E-state index in [2.05, 4.69) is 15.6 Å². The van der Waals surface area contributed by atoms with Crippen molar-refractivity contribution >= 4 is 28.3 Å². The average Bonchev–Trinajstić information content (AvgIpc) is 3.17. The highest BCUT2D eigenvalue weighted by molar-refractivity contribution is 7.15. The fourth-order valence-electron chi connectivity index (χ4n) is 3.56. The molecule has 1 atom stereocenters. The number of carbonyl (C=O) groups is 2. The maximum atomic E-state index is 13.0. The van der Waals surface area contributed by atoms with Crippen molar-refractivity contribution in [2.45, 2.75) is 45.6 Å². The SMILES string of the molecule is COc1cc(C(=O)N[C@H](C(=O)Nc2nc3c(s2)CCCC3)C(C)C)cc(OC)c1OC. The molecule has 2 amide bonds. The zero-order valence-corrected chi connectivity index (χ0v) is 19.4. The molecule has 2 N–H and O–H groups in total. The number of aromatic nitrogens is 1. The second kappa shape index (κ2) is 10.00. The number of nitrogens with one attached hydrogen (secondary N) is 2. The number of aryl methyl sites for hydroxylation is 2. The molecule has 8 nitrogen and oxygen atoms in total. The summed E-state index contributed by atoms with van der Waals surface area (Å²) in [6, 6.07) is 2.38. The van der Waals surface area contributed by atoms with Gasteiger partial charge in [-0.1, -0.05) is 13.8 Å². The van der Waals surface area contributed by atoms with Crippen LogP contribution in [0.15, 0.2) is 12.1 Å². The number of benzene rings is 1. The second-order valence-electron chi connectivity index (χ2n) is 7.69. The Morgan fingerprint density at radius 1 is 1.03 bits per heavy atom. The number of nitrogens with zero attached hydrogens (tertiary/aromatic N) is 1. The quantitative estimate of drug-likeness (QED) is 0.643. The standard InChI is InChI=1S/C22H29N3O5S/c1-12(2)18(21(27)25-22-23-14-8-6-7-9-17(14)31-22)24-20(26)13-10-15(28-3)19(30-5)16(11-13)29-4/h10-12,18H,6-9H2,1-5H3,(H,24,26)(H,23,25,27)/t18-/m0/s1. The predicted molar refractivity (Wildman–Crippen MR) is 120 cm³/mol. The molecule has 0 spiro atoms. The molecule has 1 aromatic heterocycles. The smallest absolute Gasteiger partial charge is 0.252 e. The van der Waals surface area contributed by atoms with E-state index in [4.69, 9.17) is 14.2 Å². The van der Waals surface area contributed by atoms with E-state index >= 15 is 0 Å². The topological polar surface area (TPSA) is 98.8 Å². The van der Waals surface area contributed by atoms with Crippen molar-refractivity contribution in [1.29, 1.82) is 0 Å². The van der Waals surface area contributed by atoms with Crippen molar-refractivity contribution in [3.05, 3.63) is 28.3 Å². The normalized spacial score (nSPS) is 13.9. The fourth-order valence-corrected chi connectivity index (χ4v) is 4.61. The number of rotatable bonds is 8. The summed E-state index contributed by atoms with van der Waals surface area (Å²) in [6.07, 6.45) is 4.24. The maximum absolute atomic E-state index is 13.0. The van der Waals surface area contributed by atoms with E-state index in [1.54, 1.807) is 12.1 Å². The van der Waals surface area contributed by atoms with Crippen molar-refractivity contribution in [1.82, 2.24) is 10.3 Å². The summed E-state index contributed by atoms with van der Waals surface area (Å²) in [5.41, 5.74) is 1.38. The van der Waals surface area contributed by atoms with Gasteiger partial charge in [0.15, 0.2) is 16.6 Å². The lowest BCUT2D eigenvalue weighted by atomic mass is 10.0. The summed E-state index contributed by atoms with van der Waals surface area (Å²) in [5, 5.41) is 6.30. The zero-order chi connectivity index (χ0) is 22.5. The monoisotopic (exact) mass is 447 g/mol. The molecular weight excluding hydrogens is 418 g/mol. The zero-order valence-electron chi connectivity index (χ0n) is 18.5. The van der Waals surface area contributed by atoms with Gasteiger partial charge in [-0.15, -0.1) is 11.3 Å². The molecule has 0 aliphatic heterocycles. The van der Waals surface area contributed by atoms with Gasteiger partial charge in [-0.2, -0.15) is 0 Å². The van der Waals surface area contributed by atoms with Crippen LogP contribution < -0.4 is 24.8 Å². The fraction of sp³-hybridized carbons (Fsp3) is 0.500. The van der Waals surface area contributed by atoms with Crippen molar-refractivity contribution in [2.24, 2.45) is 5.92 Å². The van der Waals surface area contributed by atoms with Crippen LogP contribution in [0.2, 0.25) is 0 Å². The van der Waals surface area contributed by atoms with Gasteiger partial charge >= 0.3 is 0 Å². The van der Waals surface area contributed by atoms with Crippen LogP contribution in [0.3, 0.4) is 0 Å². The summed E-state index contributed by atoms with van der Waals surface area (Å²) >= 11 is 1.52. The molecule has 1 aromatic carbocycles. The minimum absolute atomic E-state index is 0.124. The van der Waals surface area contributed by atoms with Gasteiger partial charge in [0.05, 0.1) is 27.0 Å². The third-order valence-electron chi connectivity index (χ3n) is 5.24. The number of anilines is 1. The third-order valence-corrected chi connectivity index (χ3v) is 6.31. The van der Waals surface area contributed by atoms with Crippen LogP contribution in [0.5, 0.6) is 17.2 Å². The Morgan fingerprint density at radius 2 is 1.68 bits per heavy atom. The van der Waals surface area contributed by atoms with E-state index < -0.39 is 11.9 Å². The minimum atomic E-state index is -0.729. The first-order valence-corrected chi connectivity index (χ1v) is 11.1. The lowest BCUT2D eigenvalue weighted by Gasteiger charge is -2.21. The molecule has 9 heteroatoms. The van der Waals surface area contributed by atoms with Gasteiger partial charge in [-0.3, -0.25) is 9.59 Å². The number of hydrogen-bond acceptors (Lipinski definition) is 7. The molecule has 2 aromatic rings. The van der Waals surface area contributed by atoms with Gasteiger partial charge in [0, 0.05) is 10.4 Å². The number of carbonyl (C=O) groups excluding carboxylic acids is 2. The van der Waals surface area contributed by atoms with E-state index in [-0.39, 0.29) is 11.8 Å². The van der Waals surface area contributed by atoms with Crippen molar-refractivity contribution < 1.29 is 23.8 Å². The van der Waals surface area contributed by atoms with Gasteiger partial charge in [0.1, 0.15) is 6.04 Å². The van der Waals surface area contributed by atoms with Gasteiger partial charge in [-0.05, 0) is 43.7 Å². The number of thiazole rings is 1. The van der Waals surface area contributed by atoms with Crippen molar-refractivity contribution in [3.8, 4) is 17.2 Å². The Balaban J connectivity index is 1.77. The highest BCUT2D eigenvalue weighted by Gasteiger charge is 2.27. The Bertz CT molecular complexity index is 908. The largest absolute Gasteiger partial charge is 0.493 e. The molecule has 1 aliphatic carbocycles. The van der Waals surface area contributed by atoms with Gasteiger partial charge in [-0.25, -0.2) is 4.98 Å². The van der Waals surface area contributed by atoms with Crippen LogP contribution in [-0.4, -0.2) is 44.2 Å². The average molecular weight is 448 g/mol. The first-order chi connectivity index (χ1) is 14.9. The minimum Gasteiger partial charge on any atom is -0.493 e. The molecule has 0 radical (unpaired) electrons. The number of fused-ring (bicyclic) bond motifs is 1. The number of methoxy groups -OCH3 is 3. The molecule has 1 aliphatic rings. The van der Waals surface area contributed by atoms with E-state index in [0.29, 0.717) is 27.9 Å². The summed E-state index contributed by atoms with van der Waals surface area (Å²) < 4.78 is 15.9. The predicted octanol–water partition coefficient (Wildman–Crippen LogP) is 3.44. The van der Waals surface area contributed by atoms with Gasteiger partial charge < -0.3 is 24.8 Å². The molecule has 0 fully saturated rings. The highest BCUT2D eigenvalue weighted by Crippen LogP contribution is 2.38. The molecular formula is C22H29N3O5S. The van der Waals surface area contributed by atoms with Crippen molar-refractivity contribution in [2.75, 3.05) is 26.6 Å². The maximum Gasteiger partial charge on any atom is 0.252 e. The molecule has 0 saturated carbocycles. The molecule has 0 unspecified atom stereocenters. The lowest BCUT2D eigenvalue weighted by molar-refractivity contribution is -0.118. The Kier molecular flexibility index (Phi) is 7.37. The lowest BCUT2D eigenvalue weighted by Crippen LogP contribution is -2.47. The Hall–Kier alpha value is -2.81. The summed E-state index contributed by atoms with van der Waals surface area (Å²) in [5.74, 6) is 0.304. The van der Waals surface area contributed by atoms with Gasteiger partial charge in [0.25, 0.3) is 5.91 Å². The summed E-state index contributed by atoms with van der Waals surface area (Å²) in [4.78, 5) is 31.7. The van der Waals surface area contributed by atoms with E-state index in [0.717, 1.165) is 31.4 Å². The van der Waals surface area contributed by atoms with Crippen LogP contribution in [0.1, 0.15) is 47.6 Å². The molecule has 31 heavy (non-hydrogen) atoms. The first-order valence-electron chi connectivity index (χ1n) is 10.3. The van der Waals surface area contributed by atoms with Crippen LogP contribution >= 0.6 is 11.3 Å². The molecule has 1 heterocycles. The summed E-state index contributed by atoms with van der Waals surface area (Å²) in [6.45, 7) is 3.76. The number of ether oxygens (including phenoxy) is 3. The summed E-state index contributed by atoms with van der Waals surface area (Å²) in [7, 11) is 4.46. The number of amides is 2. The Morgan fingerprint density at radius 3 is 2.23 bits per heavy atom. The first kappa shape index (κ1) is 22.9. The van der Waals surface area contributed by atoms with Crippen LogP contribution in [0.25, 0.3) is 0 Å². The molecule has 168 valence electrons. The highest BCUT2D eigenvalue weighted by atomic mass is 32.1. The van der Waals surface area contributed by atoms with E-state index in [9.17, 15) is 9.59 Å². The van der Waals surface area contributed by atoms with Crippen molar-refractivity contribution in [3.63, 3.8) is 0 Å². The van der Waals surface area contributed by atoms with Crippen LogP contribution in [-0.2, 0) is 17.6 Å². The van der Waals surface area contributed by atoms with Gasteiger partial charge in [0.2, 0.25) is 11.7 Å². The van der Waals surface area contributed by atoms with Crippen LogP contribution in [0, 0.1) is 5.92 Å². The molecule has 3 rings (SSSR count). The second-order valence-corrected chi connectivity index (χ2v) is 8.78.